The normalized spacial score (nSPS) is 21.0. The van der Waals surface area contributed by atoms with Gasteiger partial charge in [-0.15, -0.1) is 10.2 Å². The maximum absolute atomic E-state index is 5.82. The van der Waals surface area contributed by atoms with Crippen molar-refractivity contribution in [2.24, 2.45) is 0 Å². The minimum Gasteiger partial charge on any atom is -0.373 e. The zero-order valence-electron chi connectivity index (χ0n) is 15.1. The third kappa shape index (κ3) is 3.66. The molecule has 4 rings (SSSR count). The Balaban J connectivity index is 1.54. The molecule has 2 aromatic carbocycles. The van der Waals surface area contributed by atoms with E-state index in [1.165, 1.54) is 5.56 Å². The van der Waals surface area contributed by atoms with Crippen LogP contribution in [0.1, 0.15) is 19.4 Å². The van der Waals surface area contributed by atoms with Gasteiger partial charge in [-0.05, 0) is 35.8 Å². The first-order valence-electron chi connectivity index (χ1n) is 8.99. The van der Waals surface area contributed by atoms with E-state index >= 15 is 0 Å². The van der Waals surface area contributed by atoms with Gasteiger partial charge in [-0.3, -0.25) is 4.90 Å². The number of rotatable bonds is 4. The summed E-state index contributed by atoms with van der Waals surface area (Å²) in [5.41, 5.74) is 4.55. The second-order valence-electron chi connectivity index (χ2n) is 6.93. The fourth-order valence-corrected chi connectivity index (χ4v) is 3.67. The molecule has 0 amide bonds. The number of H-pyrrole nitrogens is 1. The van der Waals surface area contributed by atoms with Crippen molar-refractivity contribution in [3.63, 3.8) is 0 Å². The zero-order chi connectivity index (χ0) is 17.9. The number of aromatic nitrogens is 4. The van der Waals surface area contributed by atoms with Crippen LogP contribution in [0.25, 0.3) is 22.5 Å². The number of hydrogen-bond acceptors (Lipinski definition) is 5. The predicted molar refractivity (Wildman–Crippen MR) is 100 cm³/mol. The van der Waals surface area contributed by atoms with Crippen LogP contribution in [0.4, 0.5) is 0 Å². The van der Waals surface area contributed by atoms with Crippen LogP contribution in [0.15, 0.2) is 48.5 Å². The predicted octanol–water partition coefficient (Wildman–Crippen LogP) is 3.14. The minimum absolute atomic E-state index is 0.292. The second kappa shape index (κ2) is 7.35. The quantitative estimate of drug-likeness (QED) is 0.784. The first kappa shape index (κ1) is 16.9. The van der Waals surface area contributed by atoms with E-state index in [9.17, 15) is 0 Å². The third-order valence-corrected chi connectivity index (χ3v) is 4.68. The van der Waals surface area contributed by atoms with E-state index in [1.54, 1.807) is 0 Å². The second-order valence-corrected chi connectivity index (χ2v) is 6.93. The maximum atomic E-state index is 5.82. The number of tetrazole rings is 1. The lowest BCUT2D eigenvalue weighted by Gasteiger charge is -2.35. The molecule has 0 spiro atoms. The molecule has 0 unspecified atom stereocenters. The number of aromatic amines is 1. The van der Waals surface area contributed by atoms with Crippen LogP contribution in [0, 0.1) is 0 Å². The van der Waals surface area contributed by atoms with E-state index in [1.807, 2.05) is 18.2 Å². The Labute approximate surface area is 153 Å². The van der Waals surface area contributed by atoms with Crippen LogP contribution in [0.5, 0.6) is 0 Å². The molecule has 6 heteroatoms. The number of ether oxygens (including phenoxy) is 1. The summed E-state index contributed by atoms with van der Waals surface area (Å²) in [6.07, 6.45) is 0.583. The van der Waals surface area contributed by atoms with Crippen molar-refractivity contribution in [1.29, 1.82) is 0 Å². The molecule has 1 aromatic heterocycles. The Hall–Kier alpha value is -2.57. The molecule has 0 saturated carbocycles. The Morgan fingerprint density at radius 3 is 2.35 bits per heavy atom. The lowest BCUT2D eigenvalue weighted by molar-refractivity contribution is -0.0704. The van der Waals surface area contributed by atoms with Gasteiger partial charge in [-0.1, -0.05) is 48.5 Å². The topological polar surface area (TPSA) is 66.9 Å². The van der Waals surface area contributed by atoms with Gasteiger partial charge in [0, 0.05) is 25.2 Å². The molecule has 2 heterocycles. The molecule has 1 fully saturated rings. The number of morpholine rings is 1. The number of benzene rings is 2. The highest BCUT2D eigenvalue weighted by atomic mass is 16.5. The van der Waals surface area contributed by atoms with E-state index in [-0.39, 0.29) is 0 Å². The molecule has 1 aliphatic heterocycles. The molecule has 1 N–H and O–H groups in total. The van der Waals surface area contributed by atoms with Gasteiger partial charge in [0.1, 0.15) is 0 Å². The smallest absolute Gasteiger partial charge is 0.205 e. The molecule has 0 bridgehead atoms. The molecule has 134 valence electrons. The first-order valence-corrected chi connectivity index (χ1v) is 8.99. The van der Waals surface area contributed by atoms with Crippen LogP contribution in [-0.4, -0.2) is 50.8 Å². The number of hydrogen-bond donors (Lipinski definition) is 1. The fourth-order valence-electron chi connectivity index (χ4n) is 3.67. The minimum atomic E-state index is 0.292. The number of nitrogens with zero attached hydrogens (tertiary/aromatic N) is 4. The first-order chi connectivity index (χ1) is 12.7. The third-order valence-electron chi connectivity index (χ3n) is 4.68. The van der Waals surface area contributed by atoms with Gasteiger partial charge in [0.2, 0.25) is 5.82 Å². The molecule has 2 atom stereocenters. The van der Waals surface area contributed by atoms with E-state index in [0.29, 0.717) is 18.0 Å². The van der Waals surface area contributed by atoms with Crippen molar-refractivity contribution in [2.75, 3.05) is 13.1 Å². The molecule has 1 aliphatic rings. The summed E-state index contributed by atoms with van der Waals surface area (Å²) in [5, 5.41) is 14.4. The molecule has 0 radical (unpaired) electrons. The zero-order valence-corrected chi connectivity index (χ0v) is 15.1. The van der Waals surface area contributed by atoms with Crippen LogP contribution >= 0.6 is 0 Å². The van der Waals surface area contributed by atoms with E-state index in [2.05, 4.69) is 69.7 Å². The summed E-state index contributed by atoms with van der Waals surface area (Å²) in [6.45, 7) is 7.19. The van der Waals surface area contributed by atoms with E-state index in [4.69, 9.17) is 4.74 Å². The highest BCUT2D eigenvalue weighted by Crippen LogP contribution is 2.30. The lowest BCUT2D eigenvalue weighted by atomic mass is 9.98. The van der Waals surface area contributed by atoms with Gasteiger partial charge in [0.05, 0.1) is 12.2 Å². The van der Waals surface area contributed by atoms with Crippen LogP contribution in [0.3, 0.4) is 0 Å². The summed E-state index contributed by atoms with van der Waals surface area (Å²) >= 11 is 0. The van der Waals surface area contributed by atoms with Gasteiger partial charge < -0.3 is 4.74 Å². The molecule has 26 heavy (non-hydrogen) atoms. The fraction of sp³-hybridized carbons (Fsp3) is 0.350. The summed E-state index contributed by atoms with van der Waals surface area (Å²) in [4.78, 5) is 2.46. The van der Waals surface area contributed by atoms with Crippen molar-refractivity contribution in [3.05, 3.63) is 54.1 Å². The van der Waals surface area contributed by atoms with Gasteiger partial charge in [-0.25, -0.2) is 0 Å². The van der Waals surface area contributed by atoms with Crippen molar-refractivity contribution in [2.45, 2.75) is 32.6 Å². The average molecular weight is 349 g/mol. The van der Waals surface area contributed by atoms with Crippen molar-refractivity contribution in [1.82, 2.24) is 25.5 Å². The molecule has 6 nitrogen and oxygen atoms in total. The summed E-state index contributed by atoms with van der Waals surface area (Å²) < 4.78 is 5.82. The monoisotopic (exact) mass is 349 g/mol. The standard InChI is InChI=1S/C20H23N5O/c1-14-11-25(12-15(2)26-14)13-16-7-9-17(10-8-16)18-5-3-4-6-19(18)20-21-23-24-22-20/h3-10,14-15H,11-13H2,1-2H3,(H,21,22,23,24)/t14-,15+. The van der Waals surface area contributed by atoms with Gasteiger partial charge in [-0.2, -0.15) is 5.21 Å². The van der Waals surface area contributed by atoms with Gasteiger partial charge >= 0.3 is 0 Å². The molecular weight excluding hydrogens is 326 g/mol. The average Bonchev–Trinajstić information content (AvgIpc) is 3.16. The Kier molecular flexibility index (Phi) is 4.77. The summed E-state index contributed by atoms with van der Waals surface area (Å²) in [7, 11) is 0. The molecule has 1 saturated heterocycles. The van der Waals surface area contributed by atoms with Crippen molar-refractivity contribution >= 4 is 0 Å². The highest BCUT2D eigenvalue weighted by Gasteiger charge is 2.22. The maximum Gasteiger partial charge on any atom is 0.205 e. The molecular formula is C20H23N5O. The Morgan fingerprint density at radius 2 is 1.69 bits per heavy atom. The van der Waals surface area contributed by atoms with Crippen molar-refractivity contribution < 1.29 is 4.74 Å². The van der Waals surface area contributed by atoms with Crippen LogP contribution in [-0.2, 0) is 11.3 Å². The Bertz CT molecular complexity index is 837. The van der Waals surface area contributed by atoms with Crippen molar-refractivity contribution in [3.8, 4) is 22.5 Å². The summed E-state index contributed by atoms with van der Waals surface area (Å²) in [6, 6.07) is 16.9. The van der Waals surface area contributed by atoms with Crippen LogP contribution < -0.4 is 0 Å². The number of nitrogens with one attached hydrogen (secondary N) is 1. The summed E-state index contributed by atoms with van der Waals surface area (Å²) in [5.74, 6) is 0.612. The highest BCUT2D eigenvalue weighted by molar-refractivity contribution is 5.80. The molecule has 3 aromatic rings. The van der Waals surface area contributed by atoms with E-state index < -0.39 is 0 Å². The van der Waals surface area contributed by atoms with Crippen LogP contribution in [0.2, 0.25) is 0 Å². The largest absolute Gasteiger partial charge is 0.373 e. The molecule has 0 aliphatic carbocycles. The Morgan fingerprint density at radius 1 is 1.00 bits per heavy atom. The van der Waals surface area contributed by atoms with Gasteiger partial charge in [0.25, 0.3) is 0 Å². The lowest BCUT2D eigenvalue weighted by Crippen LogP contribution is -2.44. The SMILES string of the molecule is C[C@@H]1CN(Cc2ccc(-c3ccccc3-c3nn[nH]n3)cc2)C[C@H](C)O1. The van der Waals surface area contributed by atoms with Gasteiger partial charge in [0.15, 0.2) is 0 Å². The van der Waals surface area contributed by atoms with E-state index in [0.717, 1.165) is 36.3 Å².